The second-order valence-corrected chi connectivity index (χ2v) is 6.81. The van der Waals surface area contributed by atoms with E-state index in [0.29, 0.717) is 30.7 Å². The predicted molar refractivity (Wildman–Crippen MR) is 100.0 cm³/mol. The van der Waals surface area contributed by atoms with E-state index in [0.717, 1.165) is 4.90 Å². The SMILES string of the molecule is COc1ccc(N(C(=O)C=O)[C@H]2CC=CC[C@@H]3CC[C@@H](C(=O)O)N3C2=O)cc1. The van der Waals surface area contributed by atoms with Gasteiger partial charge in [-0.3, -0.25) is 19.3 Å². The number of aldehydes is 1. The fraction of sp³-hybridized carbons (Fsp3) is 0.400. The molecule has 2 heterocycles. The Kier molecular flexibility index (Phi) is 5.77. The number of hydrogen-bond donors (Lipinski definition) is 1. The summed E-state index contributed by atoms with van der Waals surface area (Å²) in [4.78, 5) is 51.2. The third-order valence-corrected chi connectivity index (χ3v) is 5.26. The van der Waals surface area contributed by atoms with Crippen LogP contribution in [0.4, 0.5) is 5.69 Å². The van der Waals surface area contributed by atoms with Crippen molar-refractivity contribution >= 4 is 29.8 Å². The summed E-state index contributed by atoms with van der Waals surface area (Å²) in [5.41, 5.74) is 0.368. The molecule has 28 heavy (non-hydrogen) atoms. The normalized spacial score (nSPS) is 24.1. The highest BCUT2D eigenvalue weighted by Crippen LogP contribution is 2.32. The minimum atomic E-state index is -1.06. The molecule has 1 N–H and O–H groups in total. The molecule has 8 nitrogen and oxygen atoms in total. The number of amides is 2. The van der Waals surface area contributed by atoms with Crippen LogP contribution in [0.5, 0.6) is 5.75 Å². The van der Waals surface area contributed by atoms with Crippen LogP contribution in [0.3, 0.4) is 0 Å². The number of carbonyl (C=O) groups excluding carboxylic acids is 3. The Hall–Kier alpha value is -3.16. The van der Waals surface area contributed by atoms with Crippen LogP contribution in [-0.2, 0) is 19.2 Å². The van der Waals surface area contributed by atoms with Crippen molar-refractivity contribution in [2.24, 2.45) is 0 Å². The fourth-order valence-corrected chi connectivity index (χ4v) is 3.92. The zero-order chi connectivity index (χ0) is 20.3. The van der Waals surface area contributed by atoms with Gasteiger partial charge in [0.2, 0.25) is 12.2 Å². The average molecular weight is 386 g/mol. The number of rotatable bonds is 5. The molecule has 148 valence electrons. The smallest absolute Gasteiger partial charge is 0.326 e. The Balaban J connectivity index is 2.01. The van der Waals surface area contributed by atoms with E-state index in [1.165, 1.54) is 12.0 Å². The minimum absolute atomic E-state index is 0.163. The number of nitrogens with zero attached hydrogens (tertiary/aromatic N) is 2. The van der Waals surface area contributed by atoms with Crippen LogP contribution < -0.4 is 9.64 Å². The Labute approximate surface area is 162 Å². The summed E-state index contributed by atoms with van der Waals surface area (Å²) in [6, 6.07) is 4.29. The Morgan fingerprint density at radius 2 is 1.86 bits per heavy atom. The van der Waals surface area contributed by atoms with Gasteiger partial charge in [-0.15, -0.1) is 0 Å². The number of benzene rings is 1. The van der Waals surface area contributed by atoms with Crippen LogP contribution in [0, 0.1) is 0 Å². The first kappa shape index (κ1) is 19.6. The molecule has 2 aliphatic heterocycles. The van der Waals surface area contributed by atoms with Crippen LogP contribution in [0.1, 0.15) is 25.7 Å². The lowest BCUT2D eigenvalue weighted by molar-refractivity contribution is -0.150. The molecule has 0 radical (unpaired) electrons. The number of carboxylic acids is 1. The summed E-state index contributed by atoms with van der Waals surface area (Å²) in [5, 5.41) is 9.52. The highest BCUT2D eigenvalue weighted by molar-refractivity contribution is 6.31. The second-order valence-electron chi connectivity index (χ2n) is 6.81. The van der Waals surface area contributed by atoms with Crippen molar-refractivity contribution in [2.45, 2.75) is 43.8 Å². The third-order valence-electron chi connectivity index (χ3n) is 5.26. The molecule has 0 saturated carbocycles. The van der Waals surface area contributed by atoms with Crippen LogP contribution in [0.15, 0.2) is 36.4 Å². The quantitative estimate of drug-likeness (QED) is 0.466. The molecule has 0 bridgehead atoms. The number of fused-ring (bicyclic) bond motifs is 1. The zero-order valence-electron chi connectivity index (χ0n) is 15.5. The summed E-state index contributed by atoms with van der Waals surface area (Å²) in [6.45, 7) is 0. The van der Waals surface area contributed by atoms with Crippen LogP contribution in [0.25, 0.3) is 0 Å². The Morgan fingerprint density at radius 1 is 1.18 bits per heavy atom. The van der Waals surface area contributed by atoms with Gasteiger partial charge in [0, 0.05) is 11.7 Å². The number of anilines is 1. The first-order chi connectivity index (χ1) is 13.5. The van der Waals surface area contributed by atoms with Crippen molar-refractivity contribution in [2.75, 3.05) is 12.0 Å². The van der Waals surface area contributed by atoms with Crippen LogP contribution in [-0.4, -0.2) is 59.3 Å². The van der Waals surface area contributed by atoms with Gasteiger partial charge in [-0.2, -0.15) is 0 Å². The van der Waals surface area contributed by atoms with E-state index in [4.69, 9.17) is 4.74 Å². The van der Waals surface area contributed by atoms with Gasteiger partial charge in [-0.1, -0.05) is 12.2 Å². The lowest BCUT2D eigenvalue weighted by atomic mass is 10.0. The summed E-state index contributed by atoms with van der Waals surface area (Å²) in [7, 11) is 1.51. The largest absolute Gasteiger partial charge is 0.497 e. The van der Waals surface area contributed by atoms with E-state index >= 15 is 0 Å². The van der Waals surface area contributed by atoms with Crippen molar-refractivity contribution < 1.29 is 29.0 Å². The molecule has 8 heteroatoms. The second kappa shape index (κ2) is 8.24. The van der Waals surface area contributed by atoms with E-state index in [-0.39, 0.29) is 18.7 Å². The molecule has 1 fully saturated rings. The molecule has 0 spiro atoms. The first-order valence-corrected chi connectivity index (χ1v) is 9.10. The minimum Gasteiger partial charge on any atom is -0.497 e. The number of methoxy groups -OCH3 is 1. The van der Waals surface area contributed by atoms with Gasteiger partial charge in [0.15, 0.2) is 0 Å². The standard InChI is InChI=1S/C20H22N2O6/c1-28-15-9-6-14(7-10-15)21(18(24)12-23)16-5-3-2-4-13-8-11-17(20(26)27)22(13)19(16)25/h2-3,6-7,9-10,12-13,16-17H,4-5,8,11H2,1H3,(H,26,27)/t13-,16+,17+/m1/s1. The summed E-state index contributed by atoms with van der Waals surface area (Å²) < 4.78 is 5.11. The molecule has 1 aromatic rings. The number of hydrogen-bond acceptors (Lipinski definition) is 5. The third kappa shape index (κ3) is 3.62. The molecule has 2 aliphatic rings. The molecule has 1 aromatic carbocycles. The van der Waals surface area contributed by atoms with Crippen molar-refractivity contribution in [1.29, 1.82) is 0 Å². The van der Waals surface area contributed by atoms with Crippen molar-refractivity contribution in [3.05, 3.63) is 36.4 Å². The maximum Gasteiger partial charge on any atom is 0.326 e. The lowest BCUT2D eigenvalue weighted by Crippen LogP contribution is -2.56. The molecule has 3 rings (SSSR count). The van der Waals surface area contributed by atoms with Crippen molar-refractivity contribution in [1.82, 2.24) is 4.90 Å². The molecule has 3 atom stereocenters. The Morgan fingerprint density at radius 3 is 2.46 bits per heavy atom. The number of aliphatic carboxylic acids is 1. The van der Waals surface area contributed by atoms with Crippen LogP contribution in [0.2, 0.25) is 0 Å². The van der Waals surface area contributed by atoms with Crippen molar-refractivity contribution in [3.8, 4) is 5.75 Å². The topological polar surface area (TPSA) is 104 Å². The molecule has 1 saturated heterocycles. The van der Waals surface area contributed by atoms with E-state index in [2.05, 4.69) is 0 Å². The van der Waals surface area contributed by atoms with Gasteiger partial charge >= 0.3 is 5.97 Å². The molecular weight excluding hydrogens is 364 g/mol. The predicted octanol–water partition coefficient (Wildman–Crippen LogP) is 1.39. The maximum atomic E-state index is 13.3. The van der Waals surface area contributed by atoms with Gasteiger partial charge in [0.1, 0.15) is 17.8 Å². The molecule has 0 unspecified atom stereocenters. The zero-order valence-corrected chi connectivity index (χ0v) is 15.5. The lowest BCUT2D eigenvalue weighted by Gasteiger charge is -2.37. The van der Waals surface area contributed by atoms with E-state index in [1.807, 2.05) is 12.2 Å². The summed E-state index contributed by atoms with van der Waals surface area (Å²) in [6.07, 6.45) is 5.60. The summed E-state index contributed by atoms with van der Waals surface area (Å²) in [5.74, 6) is -1.81. The number of carbonyl (C=O) groups is 4. The van der Waals surface area contributed by atoms with Crippen LogP contribution >= 0.6 is 0 Å². The highest BCUT2D eigenvalue weighted by atomic mass is 16.5. The van der Waals surface area contributed by atoms with Gasteiger partial charge in [0.05, 0.1) is 7.11 Å². The Bertz CT molecular complexity index is 803. The van der Waals surface area contributed by atoms with E-state index in [1.54, 1.807) is 24.3 Å². The average Bonchev–Trinajstić information content (AvgIpc) is 3.12. The summed E-state index contributed by atoms with van der Waals surface area (Å²) >= 11 is 0. The molecule has 2 amide bonds. The maximum absolute atomic E-state index is 13.3. The molecule has 0 aliphatic carbocycles. The van der Waals surface area contributed by atoms with Gasteiger partial charge in [-0.25, -0.2) is 4.79 Å². The fourth-order valence-electron chi connectivity index (χ4n) is 3.92. The van der Waals surface area contributed by atoms with Gasteiger partial charge in [-0.05, 0) is 49.9 Å². The van der Waals surface area contributed by atoms with Gasteiger partial charge < -0.3 is 14.7 Å². The number of ether oxygens (including phenoxy) is 1. The molecule has 0 aromatic heterocycles. The monoisotopic (exact) mass is 386 g/mol. The van der Waals surface area contributed by atoms with Gasteiger partial charge in [0.25, 0.3) is 5.91 Å². The number of carboxylic acid groups (broad SMARTS) is 1. The first-order valence-electron chi connectivity index (χ1n) is 9.10. The van der Waals surface area contributed by atoms with Crippen molar-refractivity contribution in [3.63, 3.8) is 0 Å². The van der Waals surface area contributed by atoms with E-state index < -0.39 is 29.9 Å². The molecular formula is C20H22N2O6. The highest BCUT2D eigenvalue weighted by Gasteiger charge is 2.45. The van der Waals surface area contributed by atoms with E-state index in [9.17, 15) is 24.3 Å².